The van der Waals surface area contributed by atoms with Crippen LogP contribution in [0, 0.1) is 0 Å². The normalized spacial score (nSPS) is 11.2. The Morgan fingerprint density at radius 2 is 2.09 bits per heavy atom. The minimum Gasteiger partial charge on any atom is -0.459 e. The first-order chi connectivity index (χ1) is 4.57. The third-order valence-electron chi connectivity index (χ3n) is 1.23. The van der Waals surface area contributed by atoms with E-state index in [1.165, 1.54) is 0 Å². The van der Waals surface area contributed by atoms with Gasteiger partial charge in [0.05, 0.1) is 6.10 Å². The first kappa shape index (κ1) is 12.8. The van der Waals surface area contributed by atoms with Gasteiger partial charge in [-0.05, 0) is 20.3 Å². The van der Waals surface area contributed by atoms with Crippen molar-refractivity contribution in [2.45, 2.75) is 40.7 Å². The van der Waals surface area contributed by atoms with Crippen molar-refractivity contribution in [1.29, 1.82) is 0 Å². The molecule has 0 saturated carbocycles. The van der Waals surface area contributed by atoms with Crippen LogP contribution in [0.25, 0.3) is 0 Å². The highest BCUT2D eigenvalue weighted by molar-refractivity contribution is 5.87. The smallest absolute Gasteiger partial charge is 0.333 e. The lowest BCUT2D eigenvalue weighted by molar-refractivity contribution is -0.143. The maximum Gasteiger partial charge on any atom is 0.333 e. The molecule has 0 spiro atoms. The van der Waals surface area contributed by atoms with Crippen molar-refractivity contribution in [1.82, 2.24) is 0 Å². The van der Waals surface area contributed by atoms with Crippen LogP contribution in [-0.4, -0.2) is 12.1 Å². The molecule has 2 nitrogen and oxygen atoms in total. The summed E-state index contributed by atoms with van der Waals surface area (Å²) in [6.45, 7) is 8.94. The molecule has 0 rings (SSSR count). The predicted octanol–water partition coefficient (Wildman–Crippen LogP) is 2.54. The molecule has 0 fully saturated rings. The lowest BCUT2D eigenvalue weighted by Gasteiger charge is -2.09. The first-order valence-corrected chi connectivity index (χ1v) is 3.44. The van der Waals surface area contributed by atoms with E-state index in [1.54, 1.807) is 6.92 Å². The highest BCUT2D eigenvalue weighted by Gasteiger charge is 2.06. The predicted molar refractivity (Wildman–Crippen MR) is 47.4 cm³/mol. The Bertz CT molecular complexity index is 138. The van der Waals surface area contributed by atoms with E-state index in [1.807, 2.05) is 13.8 Å². The van der Waals surface area contributed by atoms with Gasteiger partial charge in [0.2, 0.25) is 0 Å². The molecule has 2 heteroatoms. The molecule has 0 radical (unpaired) electrons. The summed E-state index contributed by atoms with van der Waals surface area (Å²) in [5.74, 6) is -0.297. The van der Waals surface area contributed by atoms with Gasteiger partial charge in [-0.3, -0.25) is 0 Å². The standard InChI is InChI=1S/C8H14O2.CH4/c1-5-7(4)10-8(9)6(2)3;/h7H,2,5H2,1,3-4H3;1H4. The number of rotatable bonds is 3. The topological polar surface area (TPSA) is 26.3 Å². The second-order valence-corrected chi connectivity index (χ2v) is 2.40. The molecule has 0 aromatic rings. The quantitative estimate of drug-likeness (QED) is 0.466. The molecule has 1 atom stereocenters. The molecule has 0 saturated heterocycles. The highest BCUT2D eigenvalue weighted by atomic mass is 16.5. The minimum atomic E-state index is -0.297. The number of hydrogen-bond acceptors (Lipinski definition) is 2. The molecule has 0 aliphatic rings. The Labute approximate surface area is 69.3 Å². The van der Waals surface area contributed by atoms with Crippen LogP contribution >= 0.6 is 0 Å². The lowest BCUT2D eigenvalue weighted by Crippen LogP contribution is -2.13. The summed E-state index contributed by atoms with van der Waals surface area (Å²) in [6.07, 6.45) is 0.850. The van der Waals surface area contributed by atoms with E-state index in [-0.39, 0.29) is 19.5 Å². The van der Waals surface area contributed by atoms with Crippen LogP contribution in [-0.2, 0) is 9.53 Å². The lowest BCUT2D eigenvalue weighted by atomic mass is 10.3. The SMILES string of the molecule is C.C=C(C)C(=O)OC(C)CC. The first-order valence-electron chi connectivity index (χ1n) is 3.44. The van der Waals surface area contributed by atoms with Gasteiger partial charge in [0.25, 0.3) is 0 Å². The molecule has 66 valence electrons. The van der Waals surface area contributed by atoms with Crippen LogP contribution in [0.15, 0.2) is 12.2 Å². The molecule has 0 aromatic carbocycles. The number of carbonyl (C=O) groups is 1. The molecule has 0 amide bonds. The molecule has 0 bridgehead atoms. The van der Waals surface area contributed by atoms with E-state index in [0.29, 0.717) is 5.57 Å². The maximum atomic E-state index is 10.8. The van der Waals surface area contributed by atoms with Crippen LogP contribution < -0.4 is 0 Å². The summed E-state index contributed by atoms with van der Waals surface area (Å²) in [7, 11) is 0. The zero-order valence-electron chi connectivity index (χ0n) is 6.81. The van der Waals surface area contributed by atoms with Gasteiger partial charge in [0.1, 0.15) is 0 Å². The Balaban J connectivity index is 0. The molecular weight excluding hydrogens is 140 g/mol. The molecule has 11 heavy (non-hydrogen) atoms. The van der Waals surface area contributed by atoms with E-state index >= 15 is 0 Å². The Hall–Kier alpha value is -0.790. The van der Waals surface area contributed by atoms with Crippen molar-refractivity contribution in [2.75, 3.05) is 0 Å². The molecule has 0 N–H and O–H groups in total. The van der Waals surface area contributed by atoms with E-state index in [0.717, 1.165) is 6.42 Å². The van der Waals surface area contributed by atoms with Crippen LogP contribution in [0.4, 0.5) is 0 Å². The zero-order valence-corrected chi connectivity index (χ0v) is 6.81. The second-order valence-electron chi connectivity index (χ2n) is 2.40. The van der Waals surface area contributed by atoms with Gasteiger partial charge in [-0.25, -0.2) is 4.79 Å². The molecular formula is C9H18O2. The molecule has 0 aliphatic carbocycles. The molecule has 1 unspecified atom stereocenters. The van der Waals surface area contributed by atoms with Gasteiger partial charge in [0, 0.05) is 5.57 Å². The highest BCUT2D eigenvalue weighted by Crippen LogP contribution is 2.00. The van der Waals surface area contributed by atoms with Gasteiger partial charge in [0.15, 0.2) is 0 Å². The van der Waals surface area contributed by atoms with Crippen molar-refractivity contribution in [3.05, 3.63) is 12.2 Å². The summed E-state index contributed by atoms with van der Waals surface area (Å²) >= 11 is 0. The number of ether oxygens (including phenoxy) is 1. The van der Waals surface area contributed by atoms with Crippen LogP contribution in [0.3, 0.4) is 0 Å². The fourth-order valence-corrected chi connectivity index (χ4v) is 0.367. The van der Waals surface area contributed by atoms with Gasteiger partial charge >= 0.3 is 5.97 Å². The fourth-order valence-electron chi connectivity index (χ4n) is 0.367. The minimum absolute atomic E-state index is 0. The number of hydrogen-bond donors (Lipinski definition) is 0. The van der Waals surface area contributed by atoms with Crippen LogP contribution in [0.2, 0.25) is 0 Å². The van der Waals surface area contributed by atoms with Gasteiger partial charge in [-0.15, -0.1) is 0 Å². The summed E-state index contributed by atoms with van der Waals surface area (Å²) in [5.41, 5.74) is 0.459. The Kier molecular flexibility index (Phi) is 6.96. The van der Waals surface area contributed by atoms with E-state index in [2.05, 4.69) is 6.58 Å². The van der Waals surface area contributed by atoms with Crippen LogP contribution in [0.5, 0.6) is 0 Å². The molecule has 0 aromatic heterocycles. The zero-order chi connectivity index (χ0) is 8.15. The fraction of sp³-hybridized carbons (Fsp3) is 0.667. The van der Waals surface area contributed by atoms with Gasteiger partial charge in [-0.1, -0.05) is 20.9 Å². The summed E-state index contributed by atoms with van der Waals surface area (Å²) in [4.78, 5) is 10.8. The third-order valence-corrected chi connectivity index (χ3v) is 1.23. The van der Waals surface area contributed by atoms with E-state index in [9.17, 15) is 4.79 Å². The average Bonchev–Trinajstić information content (AvgIpc) is 1.87. The van der Waals surface area contributed by atoms with Crippen molar-refractivity contribution < 1.29 is 9.53 Å². The van der Waals surface area contributed by atoms with Gasteiger partial charge in [-0.2, -0.15) is 0 Å². The largest absolute Gasteiger partial charge is 0.459 e. The average molecular weight is 158 g/mol. The Morgan fingerprint density at radius 1 is 1.64 bits per heavy atom. The summed E-state index contributed by atoms with van der Waals surface area (Å²) in [6, 6.07) is 0. The monoisotopic (exact) mass is 158 g/mol. The number of carbonyl (C=O) groups excluding carboxylic acids is 1. The number of esters is 1. The second kappa shape index (κ2) is 5.96. The van der Waals surface area contributed by atoms with Crippen LogP contribution in [0.1, 0.15) is 34.6 Å². The summed E-state index contributed by atoms with van der Waals surface area (Å²) in [5, 5.41) is 0. The third kappa shape index (κ3) is 5.64. The van der Waals surface area contributed by atoms with Crippen molar-refractivity contribution in [3.8, 4) is 0 Å². The van der Waals surface area contributed by atoms with Crippen molar-refractivity contribution in [2.24, 2.45) is 0 Å². The van der Waals surface area contributed by atoms with Crippen molar-refractivity contribution in [3.63, 3.8) is 0 Å². The molecule has 0 heterocycles. The van der Waals surface area contributed by atoms with E-state index < -0.39 is 0 Å². The summed E-state index contributed by atoms with van der Waals surface area (Å²) < 4.78 is 4.92. The Morgan fingerprint density at radius 3 is 2.36 bits per heavy atom. The molecule has 0 aliphatic heterocycles. The van der Waals surface area contributed by atoms with Gasteiger partial charge < -0.3 is 4.74 Å². The maximum absolute atomic E-state index is 10.8. The van der Waals surface area contributed by atoms with E-state index in [4.69, 9.17) is 4.74 Å². The van der Waals surface area contributed by atoms with Crippen molar-refractivity contribution >= 4 is 5.97 Å².